The summed E-state index contributed by atoms with van der Waals surface area (Å²) in [6.45, 7) is 0.749. The van der Waals surface area contributed by atoms with E-state index in [4.69, 9.17) is 10.6 Å². The van der Waals surface area contributed by atoms with Crippen LogP contribution in [-0.4, -0.2) is 19.8 Å². The van der Waals surface area contributed by atoms with E-state index in [1.54, 1.807) is 7.11 Å². The molecule has 0 aliphatic heterocycles. The highest BCUT2D eigenvalue weighted by molar-refractivity contribution is 4.87. The molecule has 2 fully saturated rings. The molecule has 2 aliphatic carbocycles. The summed E-state index contributed by atoms with van der Waals surface area (Å²) in [5, 5.41) is 0. The van der Waals surface area contributed by atoms with Crippen LogP contribution in [0.2, 0.25) is 0 Å². The van der Waals surface area contributed by atoms with E-state index in [0.717, 1.165) is 24.4 Å². The van der Waals surface area contributed by atoms with Crippen molar-refractivity contribution < 1.29 is 4.74 Å². The van der Waals surface area contributed by atoms with Crippen molar-refractivity contribution in [3.05, 3.63) is 0 Å². The van der Waals surface area contributed by atoms with Crippen LogP contribution in [0.5, 0.6) is 0 Å². The Balaban J connectivity index is 1.88. The monoisotopic (exact) mass is 226 g/mol. The molecule has 94 valence electrons. The van der Waals surface area contributed by atoms with Gasteiger partial charge in [0, 0.05) is 13.2 Å². The number of fused-ring (bicyclic) bond motifs is 1. The Kier molecular flexibility index (Phi) is 4.62. The number of nitrogens with two attached hydrogens (primary N) is 1. The van der Waals surface area contributed by atoms with E-state index < -0.39 is 0 Å². The van der Waals surface area contributed by atoms with E-state index in [1.165, 1.54) is 44.9 Å². The average molecular weight is 226 g/mol. The lowest BCUT2D eigenvalue weighted by molar-refractivity contribution is 0.0749. The molecule has 0 heterocycles. The van der Waals surface area contributed by atoms with Crippen molar-refractivity contribution in [2.45, 2.75) is 51.0 Å². The van der Waals surface area contributed by atoms with Crippen molar-refractivity contribution in [3.63, 3.8) is 0 Å². The quantitative estimate of drug-likeness (QED) is 0.570. The second kappa shape index (κ2) is 5.99. The number of methoxy groups -OCH3 is 1. The summed E-state index contributed by atoms with van der Waals surface area (Å²) in [4.78, 5) is 0. The lowest BCUT2D eigenvalue weighted by Gasteiger charge is -2.41. The summed E-state index contributed by atoms with van der Waals surface area (Å²) in [5.74, 6) is 8.35. The zero-order valence-electron chi connectivity index (χ0n) is 10.5. The van der Waals surface area contributed by atoms with Gasteiger partial charge in [-0.05, 0) is 37.0 Å². The van der Waals surface area contributed by atoms with Crippen LogP contribution in [0.3, 0.4) is 0 Å². The maximum absolute atomic E-state index is 5.63. The Hall–Kier alpha value is -0.120. The first-order valence-electron chi connectivity index (χ1n) is 6.80. The molecule has 3 heteroatoms. The van der Waals surface area contributed by atoms with Crippen LogP contribution in [0, 0.1) is 17.8 Å². The molecule has 4 atom stereocenters. The second-order valence-electron chi connectivity index (χ2n) is 5.61. The number of hydrazine groups is 1. The molecule has 0 bridgehead atoms. The van der Waals surface area contributed by atoms with Crippen LogP contribution in [0.1, 0.15) is 44.9 Å². The molecule has 0 aromatic carbocycles. The van der Waals surface area contributed by atoms with E-state index in [2.05, 4.69) is 5.43 Å². The van der Waals surface area contributed by atoms with Crippen LogP contribution >= 0.6 is 0 Å². The number of hydrogen-bond donors (Lipinski definition) is 2. The fraction of sp³-hybridized carbons (Fsp3) is 1.00. The highest BCUT2D eigenvalue weighted by Gasteiger charge is 2.34. The van der Waals surface area contributed by atoms with Gasteiger partial charge in [0.1, 0.15) is 0 Å². The standard InChI is InChI=1S/C13H26N2O/c1-16-9-13(15-14)12-7-6-10-4-2-3-5-11(10)8-12/h10-13,15H,2-9,14H2,1H3. The number of hydrogen-bond acceptors (Lipinski definition) is 3. The molecule has 3 N–H and O–H groups in total. The van der Waals surface area contributed by atoms with Crippen molar-refractivity contribution >= 4 is 0 Å². The molecule has 2 saturated carbocycles. The van der Waals surface area contributed by atoms with Gasteiger partial charge in [-0.2, -0.15) is 0 Å². The minimum absolute atomic E-state index is 0.355. The largest absolute Gasteiger partial charge is 0.383 e. The normalized spacial score (nSPS) is 36.8. The number of nitrogens with one attached hydrogen (secondary N) is 1. The highest BCUT2D eigenvalue weighted by Crippen LogP contribution is 2.43. The van der Waals surface area contributed by atoms with Gasteiger partial charge < -0.3 is 4.74 Å². The molecule has 16 heavy (non-hydrogen) atoms. The highest BCUT2D eigenvalue weighted by atomic mass is 16.5. The molecule has 0 amide bonds. The molecule has 4 unspecified atom stereocenters. The minimum Gasteiger partial charge on any atom is -0.383 e. The molecule has 0 aromatic rings. The Morgan fingerprint density at radius 2 is 1.94 bits per heavy atom. The number of ether oxygens (including phenoxy) is 1. The molecule has 0 radical (unpaired) electrons. The summed E-state index contributed by atoms with van der Waals surface area (Å²) >= 11 is 0. The van der Waals surface area contributed by atoms with Gasteiger partial charge in [0.2, 0.25) is 0 Å². The summed E-state index contributed by atoms with van der Waals surface area (Å²) in [7, 11) is 1.76. The fourth-order valence-corrected chi connectivity index (χ4v) is 3.77. The SMILES string of the molecule is COCC(NN)C1CCC2CCCCC2C1. The second-order valence-corrected chi connectivity index (χ2v) is 5.61. The lowest BCUT2D eigenvalue weighted by Crippen LogP contribution is -2.46. The van der Waals surface area contributed by atoms with E-state index in [9.17, 15) is 0 Å². The third-order valence-electron chi connectivity index (χ3n) is 4.71. The summed E-state index contributed by atoms with van der Waals surface area (Å²) in [6.07, 6.45) is 9.94. The summed E-state index contributed by atoms with van der Waals surface area (Å²) in [6, 6.07) is 0.355. The Morgan fingerprint density at radius 3 is 2.62 bits per heavy atom. The van der Waals surface area contributed by atoms with Gasteiger partial charge in [-0.1, -0.05) is 25.7 Å². The minimum atomic E-state index is 0.355. The van der Waals surface area contributed by atoms with Crippen LogP contribution in [0.15, 0.2) is 0 Å². The van der Waals surface area contributed by atoms with E-state index in [-0.39, 0.29) is 0 Å². The summed E-state index contributed by atoms with van der Waals surface area (Å²) in [5.41, 5.74) is 2.94. The van der Waals surface area contributed by atoms with E-state index >= 15 is 0 Å². The predicted molar refractivity (Wildman–Crippen MR) is 65.8 cm³/mol. The average Bonchev–Trinajstić information content (AvgIpc) is 2.35. The fourth-order valence-electron chi connectivity index (χ4n) is 3.77. The molecule has 2 aliphatic rings. The number of rotatable bonds is 4. The van der Waals surface area contributed by atoms with Crippen molar-refractivity contribution in [1.29, 1.82) is 0 Å². The first kappa shape index (κ1) is 12.3. The molecule has 3 nitrogen and oxygen atoms in total. The molecular weight excluding hydrogens is 200 g/mol. The third-order valence-corrected chi connectivity index (χ3v) is 4.71. The smallest absolute Gasteiger partial charge is 0.0632 e. The van der Waals surface area contributed by atoms with Gasteiger partial charge in [-0.3, -0.25) is 11.3 Å². The predicted octanol–water partition coefficient (Wildman–Crippen LogP) is 2.07. The van der Waals surface area contributed by atoms with Crippen LogP contribution in [-0.2, 0) is 4.74 Å². The van der Waals surface area contributed by atoms with Gasteiger partial charge in [0.05, 0.1) is 6.61 Å². The third kappa shape index (κ3) is 2.76. The zero-order chi connectivity index (χ0) is 11.4. The molecule has 0 aromatic heterocycles. The van der Waals surface area contributed by atoms with Gasteiger partial charge in [0.25, 0.3) is 0 Å². The van der Waals surface area contributed by atoms with E-state index in [0.29, 0.717) is 6.04 Å². The first-order chi connectivity index (χ1) is 7.85. The Bertz CT molecular complexity index is 210. The molecule has 0 saturated heterocycles. The van der Waals surface area contributed by atoms with Gasteiger partial charge >= 0.3 is 0 Å². The van der Waals surface area contributed by atoms with Crippen molar-refractivity contribution in [2.24, 2.45) is 23.6 Å². The first-order valence-corrected chi connectivity index (χ1v) is 6.80. The lowest BCUT2D eigenvalue weighted by atomic mass is 9.66. The van der Waals surface area contributed by atoms with Gasteiger partial charge in [-0.15, -0.1) is 0 Å². The Labute approximate surface area is 99.1 Å². The zero-order valence-corrected chi connectivity index (χ0v) is 10.5. The molecule has 2 rings (SSSR count). The van der Waals surface area contributed by atoms with E-state index in [1.807, 2.05) is 0 Å². The van der Waals surface area contributed by atoms with Crippen LogP contribution < -0.4 is 11.3 Å². The molecule has 0 spiro atoms. The topological polar surface area (TPSA) is 47.3 Å². The van der Waals surface area contributed by atoms with Crippen molar-refractivity contribution in [3.8, 4) is 0 Å². The van der Waals surface area contributed by atoms with Gasteiger partial charge in [0.15, 0.2) is 0 Å². The molecular formula is C13H26N2O. The maximum atomic E-state index is 5.63. The Morgan fingerprint density at radius 1 is 1.19 bits per heavy atom. The van der Waals surface area contributed by atoms with Crippen LogP contribution in [0.25, 0.3) is 0 Å². The maximum Gasteiger partial charge on any atom is 0.0632 e. The van der Waals surface area contributed by atoms with Crippen molar-refractivity contribution in [1.82, 2.24) is 5.43 Å². The summed E-state index contributed by atoms with van der Waals surface area (Å²) < 4.78 is 5.24. The van der Waals surface area contributed by atoms with Crippen molar-refractivity contribution in [2.75, 3.05) is 13.7 Å². The van der Waals surface area contributed by atoms with Gasteiger partial charge in [-0.25, -0.2) is 0 Å². The van der Waals surface area contributed by atoms with Crippen LogP contribution in [0.4, 0.5) is 0 Å².